The fourth-order valence-electron chi connectivity index (χ4n) is 5.64. The van der Waals surface area contributed by atoms with E-state index in [2.05, 4.69) is 15.5 Å². The molecule has 0 saturated heterocycles. The highest BCUT2D eigenvalue weighted by Gasteiger charge is 2.54. The monoisotopic (exact) mass is 359 g/mol. The van der Waals surface area contributed by atoms with Crippen LogP contribution in [0.1, 0.15) is 44.4 Å². The van der Waals surface area contributed by atoms with E-state index >= 15 is 0 Å². The van der Waals surface area contributed by atoms with E-state index in [9.17, 15) is 4.39 Å². The van der Waals surface area contributed by atoms with Crippen LogP contribution in [0.15, 0.2) is 33.9 Å². The van der Waals surface area contributed by atoms with E-state index in [-0.39, 0.29) is 11.2 Å². The molecule has 2 aromatic rings. The first kappa shape index (κ1) is 15.7. The summed E-state index contributed by atoms with van der Waals surface area (Å²) in [6.45, 7) is 0. The Labute approximate surface area is 151 Å². The molecule has 132 valence electrons. The predicted molar refractivity (Wildman–Crippen MR) is 94.9 cm³/mol. The van der Waals surface area contributed by atoms with Crippen LogP contribution in [0.5, 0.6) is 0 Å². The zero-order valence-corrected chi connectivity index (χ0v) is 14.9. The largest absolute Gasteiger partial charge is 0.415 e. The van der Waals surface area contributed by atoms with Crippen molar-refractivity contribution >= 4 is 17.4 Å². The van der Waals surface area contributed by atoms with Gasteiger partial charge in [0.25, 0.3) is 5.22 Å². The van der Waals surface area contributed by atoms with E-state index < -0.39 is 0 Å². The van der Waals surface area contributed by atoms with Gasteiger partial charge < -0.3 is 9.73 Å². The molecule has 4 saturated carbocycles. The number of aromatic nitrogens is 2. The Morgan fingerprint density at radius 2 is 1.76 bits per heavy atom. The quantitative estimate of drug-likeness (QED) is 0.611. The first-order valence-corrected chi connectivity index (χ1v) is 10.1. The topological polar surface area (TPSA) is 51.0 Å². The first-order chi connectivity index (χ1) is 12.2. The number of thioether (sulfide) groups is 1. The molecule has 1 aromatic carbocycles. The summed E-state index contributed by atoms with van der Waals surface area (Å²) in [7, 11) is 0. The van der Waals surface area contributed by atoms with Gasteiger partial charge in [0.1, 0.15) is 5.82 Å². The molecule has 0 aliphatic heterocycles. The van der Waals surface area contributed by atoms with Gasteiger partial charge in [0.2, 0.25) is 5.89 Å². The predicted octanol–water partition coefficient (Wildman–Crippen LogP) is 4.84. The molecule has 1 heterocycles. The van der Waals surface area contributed by atoms with Crippen molar-refractivity contribution in [3.05, 3.63) is 36.0 Å². The second-order valence-corrected chi connectivity index (χ2v) is 8.94. The van der Waals surface area contributed by atoms with Gasteiger partial charge in [-0.25, -0.2) is 4.39 Å². The van der Waals surface area contributed by atoms with E-state index in [0.29, 0.717) is 16.8 Å². The lowest BCUT2D eigenvalue weighted by Crippen LogP contribution is -2.48. The van der Waals surface area contributed by atoms with Gasteiger partial charge in [0.15, 0.2) is 0 Å². The standard InChI is InChI=1S/C19H22FN3OS/c20-15-3-1-2-4-16(15)21-11-25-18-23-22-17(24-18)19-8-12-5-13(9-19)7-14(6-12)10-19/h1-4,12-14,21H,5-11H2. The summed E-state index contributed by atoms with van der Waals surface area (Å²) >= 11 is 1.43. The fourth-order valence-corrected chi connectivity index (χ4v) is 6.22. The van der Waals surface area contributed by atoms with Crippen molar-refractivity contribution in [1.29, 1.82) is 0 Å². The Balaban J connectivity index is 1.26. The lowest BCUT2D eigenvalue weighted by atomic mass is 9.49. The third-order valence-electron chi connectivity index (χ3n) is 6.23. The molecular formula is C19H22FN3OS. The Morgan fingerprint density at radius 1 is 1.08 bits per heavy atom. The van der Waals surface area contributed by atoms with Gasteiger partial charge in [-0.3, -0.25) is 0 Å². The summed E-state index contributed by atoms with van der Waals surface area (Å²) in [6.07, 6.45) is 7.88. The zero-order valence-electron chi connectivity index (χ0n) is 14.1. The van der Waals surface area contributed by atoms with Gasteiger partial charge >= 0.3 is 0 Å². The van der Waals surface area contributed by atoms with Crippen molar-refractivity contribution in [2.24, 2.45) is 17.8 Å². The number of halogens is 1. The van der Waals surface area contributed by atoms with Gasteiger partial charge in [-0.2, -0.15) is 0 Å². The highest BCUT2D eigenvalue weighted by Crippen LogP contribution is 2.60. The molecular weight excluding hydrogens is 337 g/mol. The number of hydrogen-bond acceptors (Lipinski definition) is 5. The third-order valence-corrected chi connectivity index (χ3v) is 6.93. The molecule has 0 radical (unpaired) electrons. The SMILES string of the molecule is Fc1ccccc1NCSc1nnc(C23CC4CC(CC(C4)C2)C3)o1. The Morgan fingerprint density at radius 3 is 2.44 bits per heavy atom. The van der Waals surface area contributed by atoms with E-state index in [4.69, 9.17) is 4.42 Å². The molecule has 4 fully saturated rings. The van der Waals surface area contributed by atoms with Gasteiger partial charge in [-0.05, 0) is 80.2 Å². The fraction of sp³-hybridized carbons (Fsp3) is 0.579. The molecule has 0 unspecified atom stereocenters. The van der Waals surface area contributed by atoms with Crippen molar-refractivity contribution in [3.63, 3.8) is 0 Å². The van der Waals surface area contributed by atoms with Crippen LogP contribution >= 0.6 is 11.8 Å². The molecule has 6 heteroatoms. The van der Waals surface area contributed by atoms with E-state index in [0.717, 1.165) is 23.6 Å². The second kappa shape index (κ2) is 6.01. The minimum atomic E-state index is -0.247. The third kappa shape index (κ3) is 2.84. The van der Waals surface area contributed by atoms with Crippen LogP contribution in [0.4, 0.5) is 10.1 Å². The molecule has 0 atom stereocenters. The number of nitrogens with one attached hydrogen (secondary N) is 1. The smallest absolute Gasteiger partial charge is 0.278 e. The second-order valence-electron chi connectivity index (χ2n) is 8.02. The van der Waals surface area contributed by atoms with Crippen molar-refractivity contribution in [2.45, 2.75) is 49.2 Å². The molecule has 1 N–H and O–H groups in total. The number of anilines is 1. The van der Waals surface area contributed by atoms with E-state index in [1.807, 2.05) is 6.07 Å². The molecule has 25 heavy (non-hydrogen) atoms. The first-order valence-electron chi connectivity index (χ1n) is 9.15. The summed E-state index contributed by atoms with van der Waals surface area (Å²) in [5.41, 5.74) is 0.635. The van der Waals surface area contributed by atoms with Crippen LogP contribution in [-0.4, -0.2) is 16.1 Å². The Kier molecular flexibility index (Phi) is 3.77. The van der Waals surface area contributed by atoms with Crippen molar-refractivity contribution in [3.8, 4) is 0 Å². The summed E-state index contributed by atoms with van der Waals surface area (Å²) in [6, 6.07) is 6.67. The summed E-state index contributed by atoms with van der Waals surface area (Å²) in [5.74, 6) is 3.68. The number of para-hydroxylation sites is 1. The summed E-state index contributed by atoms with van der Waals surface area (Å²) in [5, 5.41) is 12.3. The zero-order chi connectivity index (χ0) is 16.9. The van der Waals surface area contributed by atoms with Crippen LogP contribution < -0.4 is 5.32 Å². The van der Waals surface area contributed by atoms with Crippen LogP contribution in [0, 0.1) is 23.6 Å². The van der Waals surface area contributed by atoms with Gasteiger partial charge in [-0.15, -0.1) is 10.2 Å². The van der Waals surface area contributed by atoms with Gasteiger partial charge in [0, 0.05) is 5.41 Å². The van der Waals surface area contributed by atoms with Crippen molar-refractivity contribution < 1.29 is 8.81 Å². The van der Waals surface area contributed by atoms with Gasteiger partial charge in [-0.1, -0.05) is 12.1 Å². The van der Waals surface area contributed by atoms with E-state index in [1.165, 1.54) is 56.4 Å². The van der Waals surface area contributed by atoms with Crippen molar-refractivity contribution in [2.75, 3.05) is 11.2 Å². The lowest BCUT2D eigenvalue weighted by molar-refractivity contribution is -0.0191. The van der Waals surface area contributed by atoms with Crippen LogP contribution in [0.25, 0.3) is 0 Å². The normalized spacial score (nSPS) is 32.9. The van der Waals surface area contributed by atoms with Crippen LogP contribution in [-0.2, 0) is 5.41 Å². The Bertz CT molecular complexity index is 742. The maximum absolute atomic E-state index is 13.6. The highest BCUT2D eigenvalue weighted by atomic mass is 32.2. The Hall–Kier alpha value is -1.56. The van der Waals surface area contributed by atoms with Crippen LogP contribution in [0.2, 0.25) is 0 Å². The van der Waals surface area contributed by atoms with Crippen LogP contribution in [0.3, 0.4) is 0 Å². The molecule has 6 rings (SSSR count). The maximum atomic E-state index is 13.6. The lowest BCUT2D eigenvalue weighted by Gasteiger charge is -2.55. The number of rotatable bonds is 5. The molecule has 0 amide bonds. The summed E-state index contributed by atoms with van der Waals surface area (Å²) < 4.78 is 19.7. The average Bonchev–Trinajstić information content (AvgIpc) is 3.05. The number of hydrogen-bond donors (Lipinski definition) is 1. The molecule has 4 nitrogen and oxygen atoms in total. The molecule has 1 aromatic heterocycles. The average molecular weight is 359 g/mol. The number of nitrogens with zero attached hydrogens (tertiary/aromatic N) is 2. The van der Waals surface area contributed by atoms with E-state index in [1.54, 1.807) is 12.1 Å². The number of benzene rings is 1. The minimum Gasteiger partial charge on any atom is -0.415 e. The molecule has 4 aliphatic rings. The minimum absolute atomic E-state index is 0.138. The highest BCUT2D eigenvalue weighted by molar-refractivity contribution is 7.99. The maximum Gasteiger partial charge on any atom is 0.278 e. The molecule has 4 aliphatic carbocycles. The van der Waals surface area contributed by atoms with Gasteiger partial charge in [0.05, 0.1) is 11.6 Å². The molecule has 0 spiro atoms. The van der Waals surface area contributed by atoms with Crippen molar-refractivity contribution in [1.82, 2.24) is 10.2 Å². The molecule has 4 bridgehead atoms. The summed E-state index contributed by atoms with van der Waals surface area (Å²) in [4.78, 5) is 0.